The molecule has 1 aromatic heterocycles. The van der Waals surface area contributed by atoms with Gasteiger partial charge in [-0.3, -0.25) is 14.9 Å². The van der Waals surface area contributed by atoms with E-state index in [0.29, 0.717) is 16.8 Å². The van der Waals surface area contributed by atoms with Gasteiger partial charge in [-0.1, -0.05) is 55.9 Å². The summed E-state index contributed by atoms with van der Waals surface area (Å²) in [5.41, 5.74) is 2.52. The lowest BCUT2D eigenvalue weighted by molar-refractivity contribution is -0.384. The predicted molar refractivity (Wildman–Crippen MR) is 113 cm³/mol. The second kappa shape index (κ2) is 8.87. The van der Waals surface area contributed by atoms with Crippen molar-refractivity contribution in [3.8, 4) is 11.4 Å². The van der Waals surface area contributed by atoms with Crippen molar-refractivity contribution in [2.24, 2.45) is 7.05 Å². The molecule has 8 nitrogen and oxygen atoms in total. The molecule has 0 bridgehead atoms. The third kappa shape index (κ3) is 5.00. The second-order valence-corrected chi connectivity index (χ2v) is 7.73. The summed E-state index contributed by atoms with van der Waals surface area (Å²) in [6.45, 7) is 4.29. The molecule has 0 aliphatic rings. The number of nitro groups is 1. The maximum Gasteiger partial charge on any atom is 0.271 e. The van der Waals surface area contributed by atoms with Gasteiger partial charge in [0.1, 0.15) is 0 Å². The van der Waals surface area contributed by atoms with Crippen LogP contribution in [0.2, 0.25) is 0 Å². The summed E-state index contributed by atoms with van der Waals surface area (Å²) in [6, 6.07) is 14.0. The van der Waals surface area contributed by atoms with Gasteiger partial charge in [-0.25, -0.2) is 0 Å². The number of hydrogen-bond acceptors (Lipinski definition) is 6. The van der Waals surface area contributed by atoms with E-state index >= 15 is 0 Å². The topological polar surface area (TPSA) is 103 Å². The number of thioether (sulfide) groups is 1. The molecule has 0 saturated heterocycles. The molecule has 0 spiro atoms. The van der Waals surface area contributed by atoms with Crippen LogP contribution in [0.15, 0.2) is 53.7 Å². The number of rotatable bonds is 7. The lowest BCUT2D eigenvalue weighted by Gasteiger charge is -2.07. The van der Waals surface area contributed by atoms with Gasteiger partial charge in [0.05, 0.1) is 10.7 Å². The molecule has 1 heterocycles. The molecular weight excluding hydrogens is 390 g/mol. The lowest BCUT2D eigenvalue weighted by atomic mass is 10.0. The van der Waals surface area contributed by atoms with Gasteiger partial charge in [0.25, 0.3) is 5.69 Å². The second-order valence-electron chi connectivity index (χ2n) is 6.79. The first-order valence-corrected chi connectivity index (χ1v) is 10.0. The standard InChI is InChI=1S/C20H21N5O3S/c1-13(2)14-7-9-15(10-8-14)19-22-23-20(24(19)3)29-12-18(26)21-16-5-4-6-17(11-16)25(27)28/h4-11,13H,12H2,1-3H3,(H,21,26). The Balaban J connectivity index is 1.63. The van der Waals surface area contributed by atoms with Gasteiger partial charge in [-0.05, 0) is 17.5 Å². The van der Waals surface area contributed by atoms with Crippen LogP contribution in [-0.2, 0) is 11.8 Å². The Morgan fingerprint density at radius 1 is 1.21 bits per heavy atom. The minimum absolute atomic E-state index is 0.0723. The molecule has 1 amide bonds. The molecule has 0 unspecified atom stereocenters. The highest BCUT2D eigenvalue weighted by molar-refractivity contribution is 7.99. The third-order valence-corrected chi connectivity index (χ3v) is 5.36. The number of aromatic nitrogens is 3. The zero-order valence-corrected chi connectivity index (χ0v) is 17.1. The van der Waals surface area contributed by atoms with E-state index in [1.54, 1.807) is 6.07 Å². The summed E-state index contributed by atoms with van der Waals surface area (Å²) in [4.78, 5) is 22.5. The summed E-state index contributed by atoms with van der Waals surface area (Å²) < 4.78 is 1.84. The minimum atomic E-state index is -0.501. The van der Waals surface area contributed by atoms with Gasteiger partial charge in [0.15, 0.2) is 11.0 Å². The van der Waals surface area contributed by atoms with Crippen LogP contribution < -0.4 is 5.32 Å². The van der Waals surface area contributed by atoms with Gasteiger partial charge in [0, 0.05) is 30.4 Å². The van der Waals surface area contributed by atoms with E-state index in [9.17, 15) is 14.9 Å². The molecule has 2 aromatic carbocycles. The third-order valence-electron chi connectivity index (χ3n) is 4.34. The molecule has 1 N–H and O–H groups in total. The fraction of sp³-hybridized carbons (Fsp3) is 0.250. The Hall–Kier alpha value is -3.20. The van der Waals surface area contributed by atoms with Crippen LogP contribution in [0.3, 0.4) is 0 Å². The van der Waals surface area contributed by atoms with E-state index in [4.69, 9.17) is 0 Å². The van der Waals surface area contributed by atoms with E-state index in [2.05, 4.69) is 41.5 Å². The van der Waals surface area contributed by atoms with Crippen LogP contribution in [0, 0.1) is 10.1 Å². The summed E-state index contributed by atoms with van der Waals surface area (Å²) in [6.07, 6.45) is 0. The Labute approximate surface area is 172 Å². The zero-order valence-electron chi connectivity index (χ0n) is 16.3. The molecule has 29 heavy (non-hydrogen) atoms. The number of benzene rings is 2. The smallest absolute Gasteiger partial charge is 0.271 e. The number of hydrogen-bond donors (Lipinski definition) is 1. The van der Waals surface area contributed by atoms with Gasteiger partial charge in [-0.15, -0.1) is 10.2 Å². The molecule has 0 radical (unpaired) electrons. The number of amides is 1. The molecule has 3 aromatic rings. The highest BCUT2D eigenvalue weighted by atomic mass is 32.2. The average Bonchev–Trinajstić information content (AvgIpc) is 3.07. The van der Waals surface area contributed by atoms with Crippen molar-refractivity contribution >= 4 is 29.0 Å². The van der Waals surface area contributed by atoms with E-state index in [1.165, 1.54) is 35.5 Å². The van der Waals surface area contributed by atoms with Crippen molar-refractivity contribution in [1.82, 2.24) is 14.8 Å². The number of carbonyl (C=O) groups excluding carboxylic acids is 1. The fourth-order valence-electron chi connectivity index (χ4n) is 2.73. The van der Waals surface area contributed by atoms with E-state index < -0.39 is 4.92 Å². The first kappa shape index (κ1) is 20.5. The summed E-state index contributed by atoms with van der Waals surface area (Å²) in [5.74, 6) is 1.02. The first-order valence-electron chi connectivity index (χ1n) is 9.02. The predicted octanol–water partition coefficient (Wildman–Crippen LogP) is 4.24. The number of anilines is 1. The van der Waals surface area contributed by atoms with Crippen LogP contribution >= 0.6 is 11.8 Å². The summed E-state index contributed by atoms with van der Waals surface area (Å²) >= 11 is 1.25. The maximum absolute atomic E-state index is 12.2. The van der Waals surface area contributed by atoms with E-state index in [-0.39, 0.29) is 17.3 Å². The molecule has 0 fully saturated rings. The highest BCUT2D eigenvalue weighted by Gasteiger charge is 2.14. The lowest BCUT2D eigenvalue weighted by Crippen LogP contribution is -2.14. The molecular formula is C20H21N5O3S. The van der Waals surface area contributed by atoms with Crippen molar-refractivity contribution < 1.29 is 9.72 Å². The van der Waals surface area contributed by atoms with Crippen LogP contribution in [0.1, 0.15) is 25.3 Å². The van der Waals surface area contributed by atoms with Gasteiger partial charge < -0.3 is 9.88 Å². The Morgan fingerprint density at radius 3 is 2.59 bits per heavy atom. The highest BCUT2D eigenvalue weighted by Crippen LogP contribution is 2.25. The van der Waals surface area contributed by atoms with Crippen LogP contribution in [0.5, 0.6) is 0 Å². The molecule has 0 saturated carbocycles. The Morgan fingerprint density at radius 2 is 1.93 bits per heavy atom. The molecule has 0 atom stereocenters. The molecule has 150 valence electrons. The molecule has 0 aliphatic heterocycles. The van der Waals surface area contributed by atoms with Crippen LogP contribution in [0.4, 0.5) is 11.4 Å². The number of nitrogens with one attached hydrogen (secondary N) is 1. The van der Waals surface area contributed by atoms with E-state index in [0.717, 1.165) is 11.4 Å². The fourth-order valence-corrected chi connectivity index (χ4v) is 3.44. The van der Waals surface area contributed by atoms with Crippen LogP contribution in [-0.4, -0.2) is 31.3 Å². The Kier molecular flexibility index (Phi) is 6.28. The number of carbonyl (C=O) groups is 1. The normalized spacial score (nSPS) is 10.9. The monoisotopic (exact) mass is 411 g/mol. The molecule has 3 rings (SSSR count). The van der Waals surface area contributed by atoms with Gasteiger partial charge in [0.2, 0.25) is 5.91 Å². The van der Waals surface area contributed by atoms with Crippen molar-refractivity contribution in [3.63, 3.8) is 0 Å². The largest absolute Gasteiger partial charge is 0.325 e. The maximum atomic E-state index is 12.2. The summed E-state index contributed by atoms with van der Waals surface area (Å²) in [7, 11) is 1.85. The van der Waals surface area contributed by atoms with Crippen molar-refractivity contribution in [2.75, 3.05) is 11.1 Å². The molecule has 0 aliphatic carbocycles. The number of non-ortho nitro benzene ring substituents is 1. The quantitative estimate of drug-likeness (QED) is 0.354. The minimum Gasteiger partial charge on any atom is -0.325 e. The van der Waals surface area contributed by atoms with Gasteiger partial charge in [-0.2, -0.15) is 0 Å². The van der Waals surface area contributed by atoms with E-state index in [1.807, 2.05) is 23.7 Å². The number of nitro benzene ring substituents is 1. The number of nitrogens with zero attached hydrogens (tertiary/aromatic N) is 4. The first-order chi connectivity index (χ1) is 13.8. The molecule has 9 heteroatoms. The van der Waals surface area contributed by atoms with Crippen LogP contribution in [0.25, 0.3) is 11.4 Å². The van der Waals surface area contributed by atoms with Crippen molar-refractivity contribution in [3.05, 3.63) is 64.2 Å². The SMILES string of the molecule is CC(C)c1ccc(-c2nnc(SCC(=O)Nc3cccc([N+](=O)[O-])c3)n2C)cc1. The summed E-state index contributed by atoms with van der Waals surface area (Å²) in [5, 5.41) is 22.5. The van der Waals surface area contributed by atoms with Crippen molar-refractivity contribution in [1.29, 1.82) is 0 Å². The zero-order chi connectivity index (χ0) is 21.0. The van der Waals surface area contributed by atoms with Crippen molar-refractivity contribution in [2.45, 2.75) is 24.9 Å². The average molecular weight is 411 g/mol. The van der Waals surface area contributed by atoms with Gasteiger partial charge >= 0.3 is 0 Å². The Bertz CT molecular complexity index is 1030.